The molecule has 0 aliphatic heterocycles. The molecule has 1 N–H and O–H groups in total. The number of hydrogen-bond donors (Lipinski definition) is 1. The summed E-state index contributed by atoms with van der Waals surface area (Å²) < 4.78 is 31.3. The molecule has 0 aromatic heterocycles. The molecule has 0 unspecified atom stereocenters. The van der Waals surface area contributed by atoms with Crippen molar-refractivity contribution >= 4 is 50.7 Å². The van der Waals surface area contributed by atoms with Gasteiger partial charge in [0.05, 0.1) is 24.1 Å². The highest BCUT2D eigenvalue weighted by molar-refractivity contribution is 7.92. The lowest BCUT2D eigenvalue weighted by molar-refractivity contribution is -0.141. The van der Waals surface area contributed by atoms with Gasteiger partial charge in [0.2, 0.25) is 21.8 Å². The average Bonchev–Trinajstić information content (AvgIpc) is 2.83. The van der Waals surface area contributed by atoms with Crippen molar-refractivity contribution in [2.24, 2.45) is 0 Å². The number of sulfonamides is 1. The van der Waals surface area contributed by atoms with Gasteiger partial charge in [-0.25, -0.2) is 8.42 Å². The number of ether oxygens (including phenoxy) is 1. The number of carbonyl (C=O) groups is 2. The summed E-state index contributed by atoms with van der Waals surface area (Å²) in [4.78, 5) is 27.7. The summed E-state index contributed by atoms with van der Waals surface area (Å²) in [6, 6.07) is 11.2. The number of hydrogen-bond acceptors (Lipinski definition) is 5. The molecule has 0 aliphatic rings. The van der Waals surface area contributed by atoms with E-state index in [0.717, 1.165) is 16.1 Å². The molecule has 0 bridgehead atoms. The number of carbonyl (C=O) groups excluding carboxylic acids is 2. The van der Waals surface area contributed by atoms with E-state index < -0.39 is 16.1 Å². The minimum Gasteiger partial charge on any atom is -0.497 e. The van der Waals surface area contributed by atoms with Gasteiger partial charge in [0.25, 0.3) is 0 Å². The Morgan fingerprint density at radius 2 is 1.75 bits per heavy atom. The number of benzene rings is 2. The highest BCUT2D eigenvalue weighted by atomic mass is 35.5. The van der Waals surface area contributed by atoms with Gasteiger partial charge in [-0.15, -0.1) is 0 Å². The smallest absolute Gasteiger partial charge is 0.242 e. The predicted octanol–water partition coefficient (Wildman–Crippen LogP) is 4.49. The molecule has 0 saturated carbocycles. The zero-order valence-electron chi connectivity index (χ0n) is 21.0. The van der Waals surface area contributed by atoms with E-state index in [0.29, 0.717) is 23.7 Å². The zero-order chi connectivity index (χ0) is 26.9. The van der Waals surface area contributed by atoms with Crippen molar-refractivity contribution in [1.29, 1.82) is 0 Å². The lowest BCUT2D eigenvalue weighted by Crippen LogP contribution is -2.49. The second-order valence-corrected chi connectivity index (χ2v) is 11.0. The molecule has 0 saturated heterocycles. The van der Waals surface area contributed by atoms with E-state index in [1.165, 1.54) is 12.1 Å². The molecular weight excluding hydrogens is 525 g/mol. The van der Waals surface area contributed by atoms with Gasteiger partial charge < -0.3 is 15.0 Å². The van der Waals surface area contributed by atoms with Gasteiger partial charge in [0, 0.05) is 31.1 Å². The van der Waals surface area contributed by atoms with Crippen LogP contribution in [-0.2, 0) is 26.2 Å². The van der Waals surface area contributed by atoms with Gasteiger partial charge in [-0.05, 0) is 55.7 Å². The Morgan fingerprint density at radius 3 is 2.31 bits per heavy atom. The number of anilines is 1. The average molecular weight is 559 g/mol. The molecule has 0 fully saturated rings. The number of nitrogens with zero attached hydrogens (tertiary/aromatic N) is 2. The summed E-state index contributed by atoms with van der Waals surface area (Å²) in [5, 5.41) is 3.38. The summed E-state index contributed by atoms with van der Waals surface area (Å²) in [7, 11) is -2.11. The largest absolute Gasteiger partial charge is 0.497 e. The lowest BCUT2D eigenvalue weighted by Gasteiger charge is -2.31. The molecule has 1 atom stereocenters. The maximum atomic E-state index is 13.4. The van der Waals surface area contributed by atoms with E-state index in [1.54, 1.807) is 30.2 Å². The molecule has 0 spiro atoms. The number of halogens is 2. The van der Waals surface area contributed by atoms with E-state index in [-0.39, 0.29) is 48.5 Å². The third kappa shape index (κ3) is 8.28. The molecular formula is C25H33Cl2N3O5S. The van der Waals surface area contributed by atoms with Crippen molar-refractivity contribution in [3.05, 3.63) is 58.1 Å². The fraction of sp³-hybridized carbons (Fsp3) is 0.440. The van der Waals surface area contributed by atoms with Crippen LogP contribution in [0.4, 0.5) is 5.69 Å². The van der Waals surface area contributed by atoms with Crippen molar-refractivity contribution in [3.63, 3.8) is 0 Å². The van der Waals surface area contributed by atoms with E-state index in [1.807, 2.05) is 26.0 Å². The van der Waals surface area contributed by atoms with Crippen molar-refractivity contribution in [3.8, 4) is 5.75 Å². The van der Waals surface area contributed by atoms with Crippen LogP contribution in [0.15, 0.2) is 42.5 Å². The Morgan fingerprint density at radius 1 is 1.08 bits per heavy atom. The SMILES string of the molecule is CCNC(=O)[C@@H](CC)N(Cc1ccc(OC)cc1)C(=O)CCCN(c1cc(Cl)ccc1Cl)S(C)(=O)=O. The van der Waals surface area contributed by atoms with Gasteiger partial charge >= 0.3 is 0 Å². The lowest BCUT2D eigenvalue weighted by atomic mass is 10.1. The van der Waals surface area contributed by atoms with Crippen LogP contribution < -0.4 is 14.4 Å². The summed E-state index contributed by atoms with van der Waals surface area (Å²) in [6.45, 7) is 4.37. The van der Waals surface area contributed by atoms with Crippen LogP contribution in [-0.4, -0.2) is 57.6 Å². The van der Waals surface area contributed by atoms with Crippen LogP contribution in [0.3, 0.4) is 0 Å². The third-order valence-electron chi connectivity index (χ3n) is 5.58. The first-order chi connectivity index (χ1) is 17.0. The number of nitrogens with one attached hydrogen (secondary N) is 1. The summed E-state index contributed by atoms with van der Waals surface area (Å²) >= 11 is 12.3. The second-order valence-electron chi connectivity index (χ2n) is 8.22. The summed E-state index contributed by atoms with van der Waals surface area (Å²) in [5.74, 6) is 0.202. The monoisotopic (exact) mass is 557 g/mol. The topological polar surface area (TPSA) is 96.0 Å². The van der Waals surface area contributed by atoms with Crippen LogP contribution in [0, 0.1) is 0 Å². The van der Waals surface area contributed by atoms with Crippen LogP contribution in [0.1, 0.15) is 38.7 Å². The maximum Gasteiger partial charge on any atom is 0.242 e. The Labute approximate surface area is 223 Å². The number of rotatable bonds is 13. The van der Waals surface area contributed by atoms with E-state index >= 15 is 0 Å². The molecule has 0 radical (unpaired) electrons. The molecule has 0 heterocycles. The van der Waals surface area contributed by atoms with E-state index in [4.69, 9.17) is 27.9 Å². The molecule has 8 nitrogen and oxygen atoms in total. The second kappa shape index (κ2) is 13.7. The fourth-order valence-electron chi connectivity index (χ4n) is 3.80. The van der Waals surface area contributed by atoms with Crippen LogP contribution in [0.25, 0.3) is 0 Å². The van der Waals surface area contributed by atoms with Crippen LogP contribution in [0.2, 0.25) is 10.0 Å². The minimum absolute atomic E-state index is 0.0267. The number of amides is 2. The maximum absolute atomic E-state index is 13.4. The molecule has 11 heteroatoms. The van der Waals surface area contributed by atoms with Gasteiger partial charge in [0.1, 0.15) is 11.8 Å². The van der Waals surface area contributed by atoms with Crippen molar-refractivity contribution in [2.45, 2.75) is 45.7 Å². The normalized spacial score (nSPS) is 12.1. The van der Waals surface area contributed by atoms with Crippen molar-refractivity contribution in [1.82, 2.24) is 10.2 Å². The standard InChI is InChI=1S/C25H33Cl2N3O5S/c1-5-22(25(32)28-6-2)29(17-18-9-12-20(35-3)13-10-18)24(31)8-7-15-30(36(4,33)34)23-16-19(26)11-14-21(23)27/h9-14,16,22H,5-8,15,17H2,1-4H3,(H,28,32)/t22-/m1/s1. The zero-order valence-corrected chi connectivity index (χ0v) is 23.3. The Balaban J connectivity index is 2.23. The highest BCUT2D eigenvalue weighted by Gasteiger charge is 2.29. The van der Waals surface area contributed by atoms with Crippen LogP contribution in [0.5, 0.6) is 5.75 Å². The summed E-state index contributed by atoms with van der Waals surface area (Å²) in [5.41, 5.74) is 1.10. The Bertz CT molecular complexity index is 1140. The number of likely N-dealkylation sites (N-methyl/N-ethyl adjacent to an activating group) is 1. The summed E-state index contributed by atoms with van der Waals surface area (Å²) in [6.07, 6.45) is 1.77. The van der Waals surface area contributed by atoms with Crippen LogP contribution >= 0.6 is 23.2 Å². The van der Waals surface area contributed by atoms with Crippen molar-refractivity contribution < 1.29 is 22.7 Å². The fourth-order valence-corrected chi connectivity index (χ4v) is 5.20. The van der Waals surface area contributed by atoms with Gasteiger partial charge in [0.15, 0.2) is 0 Å². The molecule has 2 aromatic carbocycles. The molecule has 2 amide bonds. The molecule has 198 valence electrons. The van der Waals surface area contributed by atoms with E-state index in [2.05, 4.69) is 5.32 Å². The predicted molar refractivity (Wildman–Crippen MR) is 144 cm³/mol. The first-order valence-corrected chi connectivity index (χ1v) is 14.2. The Hall–Kier alpha value is -2.49. The molecule has 2 rings (SSSR count). The molecule has 36 heavy (non-hydrogen) atoms. The first-order valence-electron chi connectivity index (χ1n) is 11.6. The van der Waals surface area contributed by atoms with Gasteiger partial charge in [-0.2, -0.15) is 0 Å². The third-order valence-corrected chi connectivity index (χ3v) is 7.31. The minimum atomic E-state index is -3.68. The van der Waals surface area contributed by atoms with Gasteiger partial charge in [-0.3, -0.25) is 13.9 Å². The van der Waals surface area contributed by atoms with Crippen molar-refractivity contribution in [2.75, 3.05) is 30.8 Å². The quantitative estimate of drug-likeness (QED) is 0.391. The van der Waals surface area contributed by atoms with Gasteiger partial charge in [-0.1, -0.05) is 42.3 Å². The first kappa shape index (κ1) is 29.7. The number of methoxy groups -OCH3 is 1. The Kier molecular flexibility index (Phi) is 11.3. The molecule has 2 aromatic rings. The highest BCUT2D eigenvalue weighted by Crippen LogP contribution is 2.31. The molecule has 0 aliphatic carbocycles. The van der Waals surface area contributed by atoms with E-state index in [9.17, 15) is 18.0 Å².